The van der Waals surface area contributed by atoms with Crippen LogP contribution in [0.5, 0.6) is 0 Å². The minimum Gasteiger partial charge on any atom is -0.444 e. The highest BCUT2D eigenvalue weighted by atomic mass is 16.6. The summed E-state index contributed by atoms with van der Waals surface area (Å²) in [5.41, 5.74) is -0.467. The van der Waals surface area contributed by atoms with Crippen molar-refractivity contribution in [1.82, 2.24) is 4.90 Å². The zero-order valence-electron chi connectivity index (χ0n) is 11.7. The minimum absolute atomic E-state index is 0.0220. The molecule has 1 aliphatic heterocycles. The number of aldehydes is 1. The van der Waals surface area contributed by atoms with E-state index >= 15 is 0 Å². The van der Waals surface area contributed by atoms with E-state index < -0.39 is 5.60 Å². The normalized spacial score (nSPS) is 20.1. The first-order valence-electron chi connectivity index (χ1n) is 6.35. The Balaban J connectivity index is 0.00000121. The van der Waals surface area contributed by atoms with Gasteiger partial charge in [-0.05, 0) is 33.6 Å². The monoisotopic (exact) mass is 243 g/mol. The lowest BCUT2D eigenvalue weighted by molar-refractivity contribution is -0.112. The van der Waals surface area contributed by atoms with Gasteiger partial charge >= 0.3 is 6.09 Å². The summed E-state index contributed by atoms with van der Waals surface area (Å²) in [6, 6.07) is 0. The third kappa shape index (κ3) is 6.29. The van der Waals surface area contributed by atoms with E-state index in [2.05, 4.69) is 0 Å². The number of hydrogen-bond donors (Lipinski definition) is 0. The molecule has 1 amide bonds. The van der Waals surface area contributed by atoms with Gasteiger partial charge in [0.2, 0.25) is 0 Å². The summed E-state index contributed by atoms with van der Waals surface area (Å²) in [4.78, 5) is 23.9. The molecule has 0 bridgehead atoms. The molecule has 1 saturated heterocycles. The van der Waals surface area contributed by atoms with E-state index in [1.165, 1.54) is 0 Å². The van der Waals surface area contributed by atoms with Crippen molar-refractivity contribution in [3.63, 3.8) is 0 Å². The maximum absolute atomic E-state index is 11.7. The summed E-state index contributed by atoms with van der Waals surface area (Å²) in [7, 11) is 0. The van der Waals surface area contributed by atoms with Crippen LogP contribution < -0.4 is 0 Å². The van der Waals surface area contributed by atoms with Gasteiger partial charge in [0, 0.05) is 19.0 Å². The van der Waals surface area contributed by atoms with E-state index in [9.17, 15) is 9.59 Å². The highest BCUT2D eigenvalue weighted by molar-refractivity contribution is 5.69. The SMILES string of the molecule is CC.CC(C)(C)OC(=O)N1CCC[C@@H](C=O)C1. The van der Waals surface area contributed by atoms with Crippen molar-refractivity contribution in [3.8, 4) is 0 Å². The Kier molecular flexibility index (Phi) is 6.85. The van der Waals surface area contributed by atoms with E-state index in [1.54, 1.807) is 4.90 Å². The Morgan fingerprint density at radius 2 is 1.94 bits per heavy atom. The molecule has 4 heteroatoms. The van der Waals surface area contributed by atoms with Gasteiger partial charge in [0.05, 0.1) is 0 Å². The fourth-order valence-electron chi connectivity index (χ4n) is 1.61. The van der Waals surface area contributed by atoms with E-state index in [4.69, 9.17) is 4.74 Å². The minimum atomic E-state index is -0.467. The molecular formula is C13H25NO3. The fraction of sp³-hybridized carbons (Fsp3) is 0.846. The van der Waals surface area contributed by atoms with Crippen LogP contribution in [0.25, 0.3) is 0 Å². The third-order valence-corrected chi connectivity index (χ3v) is 2.30. The van der Waals surface area contributed by atoms with Crippen LogP contribution >= 0.6 is 0 Å². The summed E-state index contributed by atoms with van der Waals surface area (Å²) in [6.07, 6.45) is 2.37. The molecule has 0 saturated carbocycles. The van der Waals surface area contributed by atoms with Gasteiger partial charge in [-0.2, -0.15) is 0 Å². The molecular weight excluding hydrogens is 218 g/mol. The average molecular weight is 243 g/mol. The predicted octanol–water partition coefficient (Wildman–Crippen LogP) is 2.86. The number of amides is 1. The topological polar surface area (TPSA) is 46.6 Å². The Hall–Kier alpha value is -1.06. The first kappa shape index (κ1) is 15.9. The van der Waals surface area contributed by atoms with Crippen molar-refractivity contribution in [1.29, 1.82) is 0 Å². The zero-order chi connectivity index (χ0) is 13.5. The van der Waals surface area contributed by atoms with Crippen molar-refractivity contribution < 1.29 is 14.3 Å². The molecule has 0 N–H and O–H groups in total. The van der Waals surface area contributed by atoms with Gasteiger partial charge in [0.1, 0.15) is 11.9 Å². The number of piperidine rings is 1. The molecule has 1 heterocycles. The van der Waals surface area contributed by atoms with E-state index in [0.717, 1.165) is 19.1 Å². The maximum atomic E-state index is 11.7. The number of ether oxygens (including phenoxy) is 1. The maximum Gasteiger partial charge on any atom is 0.410 e. The third-order valence-electron chi connectivity index (χ3n) is 2.30. The molecule has 0 unspecified atom stereocenters. The first-order chi connectivity index (χ1) is 7.92. The molecule has 0 aromatic heterocycles. The van der Waals surface area contributed by atoms with Crippen LogP contribution in [-0.2, 0) is 9.53 Å². The largest absolute Gasteiger partial charge is 0.444 e. The molecule has 100 valence electrons. The molecule has 1 fully saturated rings. The molecule has 1 aliphatic rings. The number of rotatable bonds is 1. The quantitative estimate of drug-likeness (QED) is 0.665. The summed E-state index contributed by atoms with van der Waals surface area (Å²) in [6.45, 7) is 10.7. The average Bonchev–Trinajstić information content (AvgIpc) is 2.29. The molecule has 0 aliphatic carbocycles. The van der Waals surface area contributed by atoms with Crippen LogP contribution in [0, 0.1) is 5.92 Å². The van der Waals surface area contributed by atoms with Crippen LogP contribution in [0.1, 0.15) is 47.5 Å². The number of carbonyl (C=O) groups is 2. The Labute approximate surface area is 104 Å². The highest BCUT2D eigenvalue weighted by Gasteiger charge is 2.27. The summed E-state index contributed by atoms with van der Waals surface area (Å²) in [5.74, 6) is -0.0220. The Morgan fingerprint density at radius 1 is 1.35 bits per heavy atom. The molecule has 0 aromatic rings. The summed E-state index contributed by atoms with van der Waals surface area (Å²) in [5, 5.41) is 0. The van der Waals surface area contributed by atoms with Crippen molar-refractivity contribution in [2.75, 3.05) is 13.1 Å². The lowest BCUT2D eigenvalue weighted by Gasteiger charge is -2.32. The second kappa shape index (κ2) is 7.30. The van der Waals surface area contributed by atoms with Crippen molar-refractivity contribution in [3.05, 3.63) is 0 Å². The summed E-state index contributed by atoms with van der Waals surface area (Å²) < 4.78 is 5.24. The number of hydrogen-bond acceptors (Lipinski definition) is 3. The predicted molar refractivity (Wildman–Crippen MR) is 67.9 cm³/mol. The second-order valence-electron chi connectivity index (χ2n) is 4.96. The van der Waals surface area contributed by atoms with Gasteiger partial charge < -0.3 is 14.4 Å². The molecule has 0 radical (unpaired) electrons. The second-order valence-corrected chi connectivity index (χ2v) is 4.96. The van der Waals surface area contributed by atoms with Crippen molar-refractivity contribution in [2.45, 2.75) is 53.1 Å². The lowest BCUT2D eigenvalue weighted by Crippen LogP contribution is -2.43. The fourth-order valence-corrected chi connectivity index (χ4v) is 1.61. The zero-order valence-corrected chi connectivity index (χ0v) is 11.7. The molecule has 1 rings (SSSR count). The van der Waals surface area contributed by atoms with Gasteiger partial charge in [-0.3, -0.25) is 0 Å². The lowest BCUT2D eigenvalue weighted by atomic mass is 10.0. The van der Waals surface area contributed by atoms with Gasteiger partial charge in [0.15, 0.2) is 0 Å². The highest BCUT2D eigenvalue weighted by Crippen LogP contribution is 2.17. The van der Waals surface area contributed by atoms with Gasteiger partial charge in [-0.1, -0.05) is 13.8 Å². The van der Waals surface area contributed by atoms with Crippen LogP contribution in [0.3, 0.4) is 0 Å². The molecule has 1 atom stereocenters. The smallest absolute Gasteiger partial charge is 0.410 e. The number of carbonyl (C=O) groups excluding carboxylic acids is 2. The first-order valence-corrected chi connectivity index (χ1v) is 6.35. The summed E-state index contributed by atoms with van der Waals surface area (Å²) >= 11 is 0. The van der Waals surface area contributed by atoms with Gasteiger partial charge in [0.25, 0.3) is 0 Å². The van der Waals surface area contributed by atoms with Crippen molar-refractivity contribution >= 4 is 12.4 Å². The standard InChI is InChI=1S/C11H19NO3.C2H6/c1-11(2,3)15-10(14)12-6-4-5-9(7-12)8-13;1-2/h8-9H,4-7H2,1-3H3;1-2H3/t9-;/m1./s1. The Morgan fingerprint density at radius 3 is 2.41 bits per heavy atom. The Bertz CT molecular complexity index is 246. The van der Waals surface area contributed by atoms with E-state index in [-0.39, 0.29) is 12.0 Å². The van der Waals surface area contributed by atoms with E-state index in [1.807, 2.05) is 34.6 Å². The number of likely N-dealkylation sites (tertiary alicyclic amines) is 1. The van der Waals surface area contributed by atoms with Gasteiger partial charge in [-0.25, -0.2) is 4.79 Å². The number of nitrogens with zero attached hydrogens (tertiary/aromatic N) is 1. The van der Waals surface area contributed by atoms with E-state index in [0.29, 0.717) is 13.1 Å². The van der Waals surface area contributed by atoms with Crippen LogP contribution in [0.4, 0.5) is 4.79 Å². The van der Waals surface area contributed by atoms with Crippen LogP contribution in [-0.4, -0.2) is 36.0 Å². The molecule has 4 nitrogen and oxygen atoms in total. The van der Waals surface area contributed by atoms with Crippen molar-refractivity contribution in [2.24, 2.45) is 5.92 Å². The van der Waals surface area contributed by atoms with Crippen LogP contribution in [0.15, 0.2) is 0 Å². The molecule has 0 aromatic carbocycles. The van der Waals surface area contributed by atoms with Gasteiger partial charge in [-0.15, -0.1) is 0 Å². The molecule has 17 heavy (non-hydrogen) atoms. The molecule has 0 spiro atoms. The van der Waals surface area contributed by atoms with Crippen LogP contribution in [0.2, 0.25) is 0 Å².